The first-order valence-electron chi connectivity index (χ1n) is 2.35. The Morgan fingerprint density at radius 3 is 2.12 bits per heavy atom. The summed E-state index contributed by atoms with van der Waals surface area (Å²) in [5, 5.41) is 0. The second kappa shape index (κ2) is 2.96. The molecule has 0 aliphatic heterocycles. The van der Waals surface area contributed by atoms with E-state index in [1.54, 1.807) is 0 Å². The third-order valence-corrected chi connectivity index (χ3v) is 2.02. The molecule has 0 atom stereocenters. The molecule has 0 bridgehead atoms. The van der Waals surface area contributed by atoms with Gasteiger partial charge in [0.05, 0.1) is 0 Å². The third kappa shape index (κ3) is 1.39. The molecular formula is C6H5BSe. The quantitative estimate of drug-likeness (QED) is 0.520. The molecule has 0 aliphatic rings. The van der Waals surface area contributed by atoms with Crippen molar-refractivity contribution in [2.45, 2.75) is 0 Å². The van der Waals surface area contributed by atoms with E-state index in [-0.39, 0.29) is 14.8 Å². The predicted molar refractivity (Wildman–Crippen MR) is 37.6 cm³/mol. The predicted octanol–water partition coefficient (Wildman–Crippen LogP) is 0.0996. The van der Waals surface area contributed by atoms with Crippen LogP contribution in [0.3, 0.4) is 0 Å². The Hall–Kier alpha value is -0.196. The SMILES string of the molecule is [B][Se]c1ccccc1. The van der Waals surface area contributed by atoms with Gasteiger partial charge in [-0.25, -0.2) is 0 Å². The number of hydrogen-bond donors (Lipinski definition) is 0. The fourth-order valence-electron chi connectivity index (χ4n) is 0.499. The van der Waals surface area contributed by atoms with Crippen molar-refractivity contribution in [3.8, 4) is 0 Å². The minimum atomic E-state index is 0.168. The van der Waals surface area contributed by atoms with Gasteiger partial charge in [-0.05, 0) is 0 Å². The van der Waals surface area contributed by atoms with Crippen LogP contribution >= 0.6 is 0 Å². The van der Waals surface area contributed by atoms with Crippen molar-refractivity contribution in [3.63, 3.8) is 0 Å². The van der Waals surface area contributed by atoms with Crippen LogP contribution in [0.2, 0.25) is 0 Å². The maximum absolute atomic E-state index is 5.41. The van der Waals surface area contributed by atoms with E-state index in [2.05, 4.69) is 0 Å². The van der Waals surface area contributed by atoms with E-state index in [4.69, 9.17) is 6.66 Å². The van der Waals surface area contributed by atoms with E-state index in [1.165, 1.54) is 4.46 Å². The van der Waals surface area contributed by atoms with Crippen LogP contribution < -0.4 is 4.46 Å². The van der Waals surface area contributed by atoms with Gasteiger partial charge in [0.25, 0.3) is 0 Å². The monoisotopic (exact) mass is 168 g/mol. The molecule has 8 heavy (non-hydrogen) atoms. The molecule has 2 radical (unpaired) electrons. The molecule has 1 aromatic carbocycles. The molecule has 0 heterocycles. The molecule has 0 saturated carbocycles. The van der Waals surface area contributed by atoms with Gasteiger partial charge in [0.2, 0.25) is 0 Å². The Bertz CT molecular complexity index is 150. The topological polar surface area (TPSA) is 0 Å². The number of rotatable bonds is 1. The van der Waals surface area contributed by atoms with Crippen LogP contribution in [0, 0.1) is 0 Å². The Kier molecular flexibility index (Phi) is 2.19. The standard InChI is InChI=1S/C6H5BSe/c7-8-6-4-2-1-3-5-6/h1-5H. The Morgan fingerprint density at radius 1 is 1.12 bits per heavy atom. The summed E-state index contributed by atoms with van der Waals surface area (Å²) in [5.41, 5.74) is 0. The molecule has 0 nitrogen and oxygen atoms in total. The van der Waals surface area contributed by atoms with Crippen LogP contribution in [0.25, 0.3) is 0 Å². The fourth-order valence-corrected chi connectivity index (χ4v) is 1.16. The van der Waals surface area contributed by atoms with Gasteiger partial charge >= 0.3 is 56.2 Å². The van der Waals surface area contributed by atoms with Gasteiger partial charge in [0.1, 0.15) is 0 Å². The zero-order chi connectivity index (χ0) is 5.82. The second-order valence-electron chi connectivity index (χ2n) is 1.43. The van der Waals surface area contributed by atoms with Crippen molar-refractivity contribution < 1.29 is 0 Å². The summed E-state index contributed by atoms with van der Waals surface area (Å²) < 4.78 is 1.25. The zero-order valence-corrected chi connectivity index (χ0v) is 6.09. The Balaban J connectivity index is 2.83. The van der Waals surface area contributed by atoms with Gasteiger partial charge in [-0.1, -0.05) is 0 Å². The molecule has 0 unspecified atom stereocenters. The summed E-state index contributed by atoms with van der Waals surface area (Å²) in [5.74, 6) is 0. The summed E-state index contributed by atoms with van der Waals surface area (Å²) in [4.78, 5) is 0. The van der Waals surface area contributed by atoms with Crippen LogP contribution in [0.4, 0.5) is 0 Å². The number of benzene rings is 1. The maximum atomic E-state index is 5.41. The molecule has 0 aromatic heterocycles. The molecule has 2 heteroatoms. The van der Waals surface area contributed by atoms with E-state index >= 15 is 0 Å². The minimum absolute atomic E-state index is 0.168. The van der Waals surface area contributed by atoms with Gasteiger partial charge in [0.15, 0.2) is 0 Å². The first-order valence-corrected chi connectivity index (χ1v) is 4.20. The molecule has 0 N–H and O–H groups in total. The molecule has 0 amide bonds. The fraction of sp³-hybridized carbons (Fsp3) is 0. The van der Waals surface area contributed by atoms with Crippen LogP contribution in [0.5, 0.6) is 0 Å². The van der Waals surface area contributed by atoms with Crippen LogP contribution in [0.15, 0.2) is 30.3 Å². The summed E-state index contributed by atoms with van der Waals surface area (Å²) in [7, 11) is 0. The van der Waals surface area contributed by atoms with E-state index in [1.807, 2.05) is 30.3 Å². The summed E-state index contributed by atoms with van der Waals surface area (Å²) >= 11 is 0.168. The average Bonchev–Trinajstić information content (AvgIpc) is 1.90. The van der Waals surface area contributed by atoms with Crippen molar-refractivity contribution in [3.05, 3.63) is 30.3 Å². The van der Waals surface area contributed by atoms with Gasteiger partial charge in [-0.15, -0.1) is 0 Å². The summed E-state index contributed by atoms with van der Waals surface area (Å²) in [6, 6.07) is 10.1. The van der Waals surface area contributed by atoms with Crippen LogP contribution in [-0.2, 0) is 0 Å². The van der Waals surface area contributed by atoms with Gasteiger partial charge < -0.3 is 0 Å². The van der Waals surface area contributed by atoms with Crippen molar-refractivity contribution in [2.75, 3.05) is 0 Å². The van der Waals surface area contributed by atoms with Crippen molar-refractivity contribution in [1.29, 1.82) is 0 Å². The Morgan fingerprint density at radius 2 is 1.75 bits per heavy atom. The summed E-state index contributed by atoms with van der Waals surface area (Å²) in [6.07, 6.45) is 0. The van der Waals surface area contributed by atoms with Crippen molar-refractivity contribution >= 4 is 25.9 Å². The average molecular weight is 167 g/mol. The molecule has 1 rings (SSSR count). The van der Waals surface area contributed by atoms with Gasteiger partial charge in [-0.2, -0.15) is 0 Å². The van der Waals surface area contributed by atoms with Gasteiger partial charge in [-0.3, -0.25) is 0 Å². The number of hydrogen-bond acceptors (Lipinski definition) is 0. The molecule has 0 spiro atoms. The molecule has 0 saturated heterocycles. The molecule has 0 fully saturated rings. The van der Waals surface area contributed by atoms with Crippen molar-refractivity contribution in [1.82, 2.24) is 0 Å². The van der Waals surface area contributed by atoms with Crippen LogP contribution in [-0.4, -0.2) is 21.4 Å². The molecular weight excluding hydrogens is 162 g/mol. The normalized spacial score (nSPS) is 9.00. The molecule has 0 aliphatic carbocycles. The molecule has 38 valence electrons. The third-order valence-electron chi connectivity index (χ3n) is 0.879. The van der Waals surface area contributed by atoms with Gasteiger partial charge in [0, 0.05) is 0 Å². The summed E-state index contributed by atoms with van der Waals surface area (Å²) in [6.45, 7) is 5.41. The van der Waals surface area contributed by atoms with E-state index in [0.717, 1.165) is 0 Å². The second-order valence-corrected chi connectivity index (χ2v) is 2.91. The van der Waals surface area contributed by atoms with E-state index < -0.39 is 0 Å². The van der Waals surface area contributed by atoms with Crippen molar-refractivity contribution in [2.24, 2.45) is 0 Å². The first kappa shape index (κ1) is 5.93. The van der Waals surface area contributed by atoms with Crippen LogP contribution in [0.1, 0.15) is 0 Å². The molecule has 1 aromatic rings. The Labute approximate surface area is 56.7 Å². The van der Waals surface area contributed by atoms with E-state index in [0.29, 0.717) is 0 Å². The zero-order valence-electron chi connectivity index (χ0n) is 4.37. The first-order chi connectivity index (χ1) is 3.93. The van der Waals surface area contributed by atoms with E-state index in [9.17, 15) is 0 Å².